The largest absolute Gasteiger partial charge is 0.452 e. The highest BCUT2D eigenvalue weighted by atomic mass is 35.5. The summed E-state index contributed by atoms with van der Waals surface area (Å²) in [6, 6.07) is 13.5. The van der Waals surface area contributed by atoms with E-state index >= 15 is 0 Å². The Morgan fingerprint density at radius 3 is 2.36 bits per heavy atom. The second-order valence-corrected chi connectivity index (χ2v) is 5.37. The van der Waals surface area contributed by atoms with Crippen molar-refractivity contribution in [2.24, 2.45) is 0 Å². The average Bonchev–Trinajstić information content (AvgIpc) is 2.50. The van der Waals surface area contributed by atoms with Crippen LogP contribution in [-0.2, 0) is 16.1 Å². The molecular weight excluding hydrogens is 325 g/mol. The van der Waals surface area contributed by atoms with E-state index in [2.05, 4.69) is 5.32 Å². The minimum absolute atomic E-state index is 0.301. The fourth-order valence-corrected chi connectivity index (χ4v) is 2.13. The molecule has 2 aromatic carbocycles. The number of amides is 1. The van der Waals surface area contributed by atoms with Gasteiger partial charge in [0.2, 0.25) is 0 Å². The van der Waals surface area contributed by atoms with E-state index in [0.717, 1.165) is 5.56 Å². The van der Waals surface area contributed by atoms with E-state index in [9.17, 15) is 9.59 Å². The van der Waals surface area contributed by atoms with Crippen molar-refractivity contribution in [2.45, 2.75) is 6.54 Å². The predicted molar refractivity (Wildman–Crippen MR) is 85.0 cm³/mol. The van der Waals surface area contributed by atoms with E-state index < -0.39 is 11.9 Å². The smallest absolute Gasteiger partial charge is 0.338 e. The molecule has 0 aromatic heterocycles. The molecule has 1 N–H and O–H groups in total. The number of esters is 1. The van der Waals surface area contributed by atoms with Gasteiger partial charge in [-0.05, 0) is 35.9 Å². The SMILES string of the molecule is O=C(COC(=O)c1cccc(Cl)c1)NCc1cccc(Cl)c1. The Bertz CT molecular complexity index is 689. The van der Waals surface area contributed by atoms with Gasteiger partial charge < -0.3 is 10.1 Å². The lowest BCUT2D eigenvalue weighted by atomic mass is 10.2. The highest BCUT2D eigenvalue weighted by Gasteiger charge is 2.10. The Morgan fingerprint density at radius 2 is 1.68 bits per heavy atom. The van der Waals surface area contributed by atoms with Crippen LogP contribution in [0.5, 0.6) is 0 Å². The summed E-state index contributed by atoms with van der Waals surface area (Å²) < 4.78 is 4.92. The summed E-state index contributed by atoms with van der Waals surface area (Å²) in [5.74, 6) is -0.990. The lowest BCUT2D eigenvalue weighted by molar-refractivity contribution is -0.124. The topological polar surface area (TPSA) is 55.4 Å². The number of carbonyl (C=O) groups is 2. The molecule has 0 unspecified atom stereocenters. The summed E-state index contributed by atoms with van der Waals surface area (Å²) in [6.07, 6.45) is 0. The van der Waals surface area contributed by atoms with Gasteiger partial charge in [0.1, 0.15) is 0 Å². The van der Waals surface area contributed by atoms with E-state index in [1.807, 2.05) is 6.07 Å². The molecule has 114 valence electrons. The van der Waals surface area contributed by atoms with Crippen molar-refractivity contribution < 1.29 is 14.3 Å². The van der Waals surface area contributed by atoms with Crippen LogP contribution in [0.4, 0.5) is 0 Å². The zero-order valence-corrected chi connectivity index (χ0v) is 13.0. The van der Waals surface area contributed by atoms with E-state index in [1.54, 1.807) is 36.4 Å². The molecule has 6 heteroatoms. The molecule has 2 aromatic rings. The quantitative estimate of drug-likeness (QED) is 0.850. The maximum absolute atomic E-state index is 11.7. The summed E-state index contributed by atoms with van der Waals surface area (Å²) in [5.41, 5.74) is 1.16. The second kappa shape index (κ2) is 7.82. The second-order valence-electron chi connectivity index (χ2n) is 4.49. The first-order valence-electron chi connectivity index (χ1n) is 6.48. The third-order valence-electron chi connectivity index (χ3n) is 2.77. The van der Waals surface area contributed by atoms with Crippen molar-refractivity contribution in [3.05, 3.63) is 69.7 Å². The number of hydrogen-bond acceptors (Lipinski definition) is 3. The number of carbonyl (C=O) groups excluding carboxylic acids is 2. The van der Waals surface area contributed by atoms with Gasteiger partial charge in [-0.3, -0.25) is 4.79 Å². The monoisotopic (exact) mass is 337 g/mol. The highest BCUT2D eigenvalue weighted by Crippen LogP contribution is 2.12. The minimum atomic E-state index is -0.597. The summed E-state index contributed by atoms with van der Waals surface area (Å²) in [5, 5.41) is 3.67. The van der Waals surface area contributed by atoms with Crippen molar-refractivity contribution >= 4 is 35.1 Å². The molecular formula is C16H13Cl2NO3. The summed E-state index contributed by atoms with van der Waals surface area (Å²) in [6.45, 7) is -0.0416. The lowest BCUT2D eigenvalue weighted by Gasteiger charge is -2.07. The number of rotatable bonds is 5. The molecule has 0 heterocycles. The predicted octanol–water partition coefficient (Wildman–Crippen LogP) is 3.47. The van der Waals surface area contributed by atoms with Gasteiger partial charge in [-0.1, -0.05) is 41.4 Å². The summed E-state index contributed by atoms with van der Waals surface area (Å²) >= 11 is 11.6. The maximum atomic E-state index is 11.7. The van der Waals surface area contributed by atoms with Crippen LogP contribution in [0.25, 0.3) is 0 Å². The fraction of sp³-hybridized carbons (Fsp3) is 0.125. The molecule has 0 radical (unpaired) electrons. The Hall–Kier alpha value is -2.04. The Morgan fingerprint density at radius 1 is 1.00 bits per heavy atom. The van der Waals surface area contributed by atoms with Gasteiger partial charge >= 0.3 is 5.97 Å². The first kappa shape index (κ1) is 16.3. The molecule has 22 heavy (non-hydrogen) atoms. The number of hydrogen-bond donors (Lipinski definition) is 1. The molecule has 2 rings (SSSR count). The number of benzene rings is 2. The van der Waals surface area contributed by atoms with Gasteiger partial charge in [0.15, 0.2) is 6.61 Å². The first-order valence-corrected chi connectivity index (χ1v) is 7.24. The van der Waals surface area contributed by atoms with Crippen molar-refractivity contribution in [1.82, 2.24) is 5.32 Å². The number of halogens is 2. The molecule has 0 aliphatic heterocycles. The number of nitrogens with one attached hydrogen (secondary N) is 1. The Balaban J connectivity index is 1.79. The Kier molecular flexibility index (Phi) is 5.81. The lowest BCUT2D eigenvalue weighted by Crippen LogP contribution is -2.28. The molecule has 0 atom stereocenters. The zero-order chi connectivity index (χ0) is 15.9. The van der Waals surface area contributed by atoms with E-state index in [0.29, 0.717) is 22.2 Å². The van der Waals surface area contributed by atoms with Gasteiger partial charge in [-0.25, -0.2) is 4.79 Å². The minimum Gasteiger partial charge on any atom is -0.452 e. The van der Waals surface area contributed by atoms with Gasteiger partial charge in [-0.15, -0.1) is 0 Å². The molecule has 4 nitrogen and oxygen atoms in total. The van der Waals surface area contributed by atoms with Crippen molar-refractivity contribution in [2.75, 3.05) is 6.61 Å². The van der Waals surface area contributed by atoms with E-state index in [4.69, 9.17) is 27.9 Å². The van der Waals surface area contributed by atoms with Crippen LogP contribution in [0.2, 0.25) is 10.0 Å². The third-order valence-corrected chi connectivity index (χ3v) is 3.24. The van der Waals surface area contributed by atoms with Crippen molar-refractivity contribution in [3.8, 4) is 0 Å². The first-order chi connectivity index (χ1) is 10.5. The van der Waals surface area contributed by atoms with E-state index in [1.165, 1.54) is 6.07 Å². The van der Waals surface area contributed by atoms with Crippen LogP contribution < -0.4 is 5.32 Å². The zero-order valence-electron chi connectivity index (χ0n) is 11.5. The highest BCUT2D eigenvalue weighted by molar-refractivity contribution is 6.31. The summed E-state index contributed by atoms with van der Waals surface area (Å²) in [4.78, 5) is 23.4. The molecule has 0 aliphatic rings. The van der Waals surface area contributed by atoms with Crippen LogP contribution in [0.1, 0.15) is 15.9 Å². The molecule has 0 saturated heterocycles. The van der Waals surface area contributed by atoms with Crippen LogP contribution in [0.15, 0.2) is 48.5 Å². The van der Waals surface area contributed by atoms with Gasteiger partial charge in [0.05, 0.1) is 5.56 Å². The molecule has 0 saturated carbocycles. The third kappa shape index (κ3) is 5.06. The van der Waals surface area contributed by atoms with Gasteiger partial charge in [0, 0.05) is 16.6 Å². The molecule has 0 bridgehead atoms. The average molecular weight is 338 g/mol. The van der Waals surface area contributed by atoms with Gasteiger partial charge in [-0.2, -0.15) is 0 Å². The standard InChI is InChI=1S/C16H13Cl2NO3/c17-13-5-1-3-11(7-13)9-19-15(20)10-22-16(21)12-4-2-6-14(18)8-12/h1-8H,9-10H2,(H,19,20). The molecule has 0 spiro atoms. The fourth-order valence-electron chi connectivity index (χ4n) is 1.73. The van der Waals surface area contributed by atoms with Crippen LogP contribution in [0, 0.1) is 0 Å². The Labute approximate surface area is 138 Å². The van der Waals surface area contributed by atoms with E-state index in [-0.39, 0.29) is 6.61 Å². The number of ether oxygens (including phenoxy) is 1. The van der Waals surface area contributed by atoms with Crippen LogP contribution in [0.3, 0.4) is 0 Å². The van der Waals surface area contributed by atoms with Crippen LogP contribution in [-0.4, -0.2) is 18.5 Å². The summed E-state index contributed by atoms with van der Waals surface area (Å²) in [7, 11) is 0. The molecule has 0 aliphatic carbocycles. The van der Waals surface area contributed by atoms with Gasteiger partial charge in [0.25, 0.3) is 5.91 Å². The molecule has 0 fully saturated rings. The van der Waals surface area contributed by atoms with Crippen LogP contribution >= 0.6 is 23.2 Å². The van der Waals surface area contributed by atoms with Crippen molar-refractivity contribution in [1.29, 1.82) is 0 Å². The maximum Gasteiger partial charge on any atom is 0.338 e. The van der Waals surface area contributed by atoms with Crippen molar-refractivity contribution in [3.63, 3.8) is 0 Å². The molecule has 1 amide bonds. The normalized spacial score (nSPS) is 10.1.